The zero-order chi connectivity index (χ0) is 22.5. The number of nitro groups is 1. The predicted octanol–water partition coefficient (Wildman–Crippen LogP) is 3.72. The number of anilines is 2. The largest absolute Gasteiger partial charge is 0.465 e. The maximum Gasteiger partial charge on any atom is 0.407 e. The Balaban J connectivity index is 1.75. The van der Waals surface area contributed by atoms with Gasteiger partial charge < -0.3 is 20.4 Å². The monoisotopic (exact) mass is 468 g/mol. The van der Waals surface area contributed by atoms with Gasteiger partial charge in [0.15, 0.2) is 0 Å². The van der Waals surface area contributed by atoms with E-state index in [9.17, 15) is 25.1 Å². The number of benzene rings is 2. The standard InChI is InChI=1S/C20H22Cl2N4O5/c21-14-2-1-13(17(22)9-14)5-6-23-18-10-15(3-4-19(18)26(30)31)24-7-8-25(20(28)29)16(11-24)12-27/h1-4,9-10,16,23,27H,5-8,11-12H2,(H,28,29). The summed E-state index contributed by atoms with van der Waals surface area (Å²) in [5.74, 6) is 0. The van der Waals surface area contributed by atoms with Crippen molar-refractivity contribution in [1.29, 1.82) is 0 Å². The van der Waals surface area contributed by atoms with Crippen LogP contribution in [0.5, 0.6) is 0 Å². The Morgan fingerprint density at radius 1 is 1.23 bits per heavy atom. The number of nitrogens with one attached hydrogen (secondary N) is 1. The van der Waals surface area contributed by atoms with Gasteiger partial charge in [-0.2, -0.15) is 0 Å². The van der Waals surface area contributed by atoms with E-state index in [1.165, 1.54) is 11.0 Å². The van der Waals surface area contributed by atoms with Crippen LogP contribution in [0.3, 0.4) is 0 Å². The molecule has 3 rings (SSSR count). The molecular formula is C20H22Cl2N4O5. The second kappa shape index (κ2) is 10.0. The Labute approximate surface area is 188 Å². The summed E-state index contributed by atoms with van der Waals surface area (Å²) in [6, 6.07) is 9.36. The van der Waals surface area contributed by atoms with Gasteiger partial charge in [0.1, 0.15) is 5.69 Å². The molecule has 0 aromatic heterocycles. The van der Waals surface area contributed by atoms with Gasteiger partial charge in [-0.25, -0.2) is 4.79 Å². The van der Waals surface area contributed by atoms with Gasteiger partial charge in [-0.1, -0.05) is 29.3 Å². The number of carboxylic acid groups (broad SMARTS) is 1. The molecule has 1 amide bonds. The van der Waals surface area contributed by atoms with E-state index in [1.54, 1.807) is 24.3 Å². The molecule has 0 bridgehead atoms. The van der Waals surface area contributed by atoms with Gasteiger partial charge in [-0.3, -0.25) is 15.0 Å². The van der Waals surface area contributed by atoms with E-state index in [0.717, 1.165) is 5.56 Å². The maximum atomic E-state index is 11.5. The Bertz CT molecular complexity index is 975. The van der Waals surface area contributed by atoms with Gasteiger partial charge in [-0.05, 0) is 36.2 Å². The van der Waals surface area contributed by atoms with Gasteiger partial charge in [0, 0.05) is 48.0 Å². The summed E-state index contributed by atoms with van der Waals surface area (Å²) in [4.78, 5) is 25.4. The number of hydrogen-bond donors (Lipinski definition) is 3. The normalized spacial score (nSPS) is 16.3. The molecule has 3 N–H and O–H groups in total. The molecule has 11 heteroatoms. The molecule has 0 saturated carbocycles. The van der Waals surface area contributed by atoms with Gasteiger partial charge in [0.2, 0.25) is 0 Å². The van der Waals surface area contributed by atoms with E-state index in [0.29, 0.717) is 47.5 Å². The molecule has 0 radical (unpaired) electrons. The minimum atomic E-state index is -1.08. The number of hydrogen-bond acceptors (Lipinski definition) is 6. The number of amides is 1. The third-order valence-corrected chi connectivity index (χ3v) is 5.79. The van der Waals surface area contributed by atoms with Crippen molar-refractivity contribution in [2.24, 2.45) is 0 Å². The number of nitrogens with zero attached hydrogens (tertiary/aromatic N) is 3. The summed E-state index contributed by atoms with van der Waals surface area (Å²) < 4.78 is 0. The van der Waals surface area contributed by atoms with Crippen LogP contribution in [0.1, 0.15) is 5.56 Å². The quantitative estimate of drug-likeness (QED) is 0.418. The lowest BCUT2D eigenvalue weighted by Crippen LogP contribution is -2.56. The van der Waals surface area contributed by atoms with Crippen LogP contribution in [-0.4, -0.2) is 65.0 Å². The van der Waals surface area contributed by atoms with E-state index in [2.05, 4.69) is 5.32 Å². The molecule has 1 saturated heterocycles. The summed E-state index contributed by atoms with van der Waals surface area (Å²) in [5.41, 5.74) is 1.87. The molecule has 0 spiro atoms. The van der Waals surface area contributed by atoms with E-state index < -0.39 is 17.1 Å². The molecule has 2 aromatic carbocycles. The Morgan fingerprint density at radius 3 is 2.65 bits per heavy atom. The number of rotatable bonds is 7. The summed E-state index contributed by atoms with van der Waals surface area (Å²) in [5, 5.41) is 34.4. The Kier molecular flexibility index (Phi) is 7.42. The van der Waals surface area contributed by atoms with Gasteiger partial charge >= 0.3 is 6.09 Å². The lowest BCUT2D eigenvalue weighted by Gasteiger charge is -2.40. The molecule has 1 aliphatic rings. The number of halogens is 2. The van der Waals surface area contributed by atoms with Crippen LogP contribution in [0.2, 0.25) is 10.0 Å². The van der Waals surface area contributed by atoms with E-state index in [-0.39, 0.29) is 18.8 Å². The molecule has 2 aromatic rings. The number of piperazine rings is 1. The van der Waals surface area contributed by atoms with Crippen LogP contribution in [0.15, 0.2) is 36.4 Å². The zero-order valence-electron chi connectivity index (χ0n) is 16.5. The molecule has 1 atom stereocenters. The molecule has 0 aliphatic carbocycles. The molecule has 1 aliphatic heterocycles. The summed E-state index contributed by atoms with van der Waals surface area (Å²) in [7, 11) is 0. The van der Waals surface area contributed by atoms with Crippen molar-refractivity contribution < 1.29 is 19.9 Å². The summed E-state index contributed by atoms with van der Waals surface area (Å²) in [6.07, 6.45) is -0.535. The molecular weight excluding hydrogens is 447 g/mol. The first-order chi connectivity index (χ1) is 14.8. The number of nitro benzene ring substituents is 1. The second-order valence-electron chi connectivity index (χ2n) is 7.13. The molecule has 31 heavy (non-hydrogen) atoms. The molecule has 166 valence electrons. The fourth-order valence-electron chi connectivity index (χ4n) is 3.58. The minimum absolute atomic E-state index is 0.0613. The zero-order valence-corrected chi connectivity index (χ0v) is 18.0. The Morgan fingerprint density at radius 2 is 2.00 bits per heavy atom. The molecule has 1 heterocycles. The number of aliphatic hydroxyl groups excluding tert-OH is 1. The maximum absolute atomic E-state index is 11.5. The van der Waals surface area contributed by atoms with Crippen molar-refractivity contribution >= 4 is 46.4 Å². The average Bonchev–Trinajstić information content (AvgIpc) is 2.74. The summed E-state index contributed by atoms with van der Waals surface area (Å²) in [6.45, 7) is 1.05. The first-order valence-corrected chi connectivity index (χ1v) is 10.4. The topological polar surface area (TPSA) is 119 Å². The first kappa shape index (κ1) is 22.9. The van der Waals surface area contributed by atoms with E-state index in [1.807, 2.05) is 11.0 Å². The van der Waals surface area contributed by atoms with Crippen LogP contribution in [0.25, 0.3) is 0 Å². The van der Waals surface area contributed by atoms with Crippen LogP contribution in [0.4, 0.5) is 21.9 Å². The smallest absolute Gasteiger partial charge is 0.407 e. The van der Waals surface area contributed by atoms with Crippen molar-refractivity contribution in [2.45, 2.75) is 12.5 Å². The third-order valence-electron chi connectivity index (χ3n) is 5.21. The van der Waals surface area contributed by atoms with Crippen molar-refractivity contribution in [3.05, 3.63) is 62.1 Å². The number of carbonyl (C=O) groups is 1. The molecule has 1 unspecified atom stereocenters. The minimum Gasteiger partial charge on any atom is -0.465 e. The van der Waals surface area contributed by atoms with E-state index in [4.69, 9.17) is 23.2 Å². The first-order valence-electron chi connectivity index (χ1n) is 9.61. The van der Waals surface area contributed by atoms with Crippen molar-refractivity contribution in [3.8, 4) is 0 Å². The van der Waals surface area contributed by atoms with Crippen molar-refractivity contribution in [2.75, 3.05) is 43.0 Å². The highest BCUT2D eigenvalue weighted by Gasteiger charge is 2.30. The lowest BCUT2D eigenvalue weighted by molar-refractivity contribution is -0.383. The SMILES string of the molecule is O=C(O)N1CCN(c2ccc([N+](=O)[O-])c(NCCc3ccc(Cl)cc3Cl)c2)CC1CO. The Hall–Kier alpha value is -2.75. The highest BCUT2D eigenvalue weighted by molar-refractivity contribution is 6.35. The molecule has 1 fully saturated rings. The van der Waals surface area contributed by atoms with Crippen LogP contribution >= 0.6 is 23.2 Å². The highest BCUT2D eigenvalue weighted by atomic mass is 35.5. The van der Waals surface area contributed by atoms with Crippen molar-refractivity contribution in [3.63, 3.8) is 0 Å². The van der Waals surface area contributed by atoms with Crippen LogP contribution in [-0.2, 0) is 6.42 Å². The fraction of sp³-hybridized carbons (Fsp3) is 0.350. The third kappa shape index (κ3) is 5.49. The summed E-state index contributed by atoms with van der Waals surface area (Å²) >= 11 is 12.1. The van der Waals surface area contributed by atoms with Gasteiger partial charge in [0.25, 0.3) is 5.69 Å². The second-order valence-corrected chi connectivity index (χ2v) is 7.97. The van der Waals surface area contributed by atoms with Crippen LogP contribution < -0.4 is 10.2 Å². The predicted molar refractivity (Wildman–Crippen MR) is 120 cm³/mol. The number of aliphatic hydroxyl groups is 1. The van der Waals surface area contributed by atoms with Crippen LogP contribution in [0, 0.1) is 10.1 Å². The lowest BCUT2D eigenvalue weighted by atomic mass is 10.1. The fourth-order valence-corrected chi connectivity index (χ4v) is 4.08. The average molecular weight is 469 g/mol. The van der Waals surface area contributed by atoms with Gasteiger partial charge in [0.05, 0.1) is 17.6 Å². The van der Waals surface area contributed by atoms with Crippen molar-refractivity contribution in [1.82, 2.24) is 4.90 Å². The molecule has 9 nitrogen and oxygen atoms in total. The van der Waals surface area contributed by atoms with Gasteiger partial charge in [-0.15, -0.1) is 0 Å². The highest BCUT2D eigenvalue weighted by Crippen LogP contribution is 2.31. The van der Waals surface area contributed by atoms with E-state index >= 15 is 0 Å².